The lowest BCUT2D eigenvalue weighted by molar-refractivity contribution is 0.450. The summed E-state index contributed by atoms with van der Waals surface area (Å²) in [4.78, 5) is 5.20. The average Bonchev–Trinajstić information content (AvgIpc) is 3.03. The molecule has 0 bridgehead atoms. The largest absolute Gasteiger partial charge is 0.508 e. The summed E-state index contributed by atoms with van der Waals surface area (Å²) in [6.45, 7) is 7.98. The van der Waals surface area contributed by atoms with E-state index < -0.39 is 0 Å². The molecule has 0 unspecified atom stereocenters. The first kappa shape index (κ1) is 19.6. The Morgan fingerprint density at radius 3 is 2.50 bits per heavy atom. The molecule has 0 atom stereocenters. The fourth-order valence-corrected chi connectivity index (χ4v) is 3.39. The van der Waals surface area contributed by atoms with E-state index in [1.165, 1.54) is 35.6 Å². The molecule has 0 amide bonds. The van der Waals surface area contributed by atoms with Gasteiger partial charge in [0.1, 0.15) is 17.3 Å². The zero-order valence-electron chi connectivity index (χ0n) is 15.6. The number of benzene rings is 2. The Morgan fingerprint density at radius 1 is 1.14 bits per heavy atom. The monoisotopic (exact) mass is 397 g/mol. The van der Waals surface area contributed by atoms with E-state index >= 15 is 0 Å². The van der Waals surface area contributed by atoms with E-state index in [1.807, 2.05) is 12.3 Å². The van der Waals surface area contributed by atoms with Crippen LogP contribution in [0, 0.1) is 5.82 Å². The SMILES string of the molecule is C=C(C)CN=c1scc(-c2ccc(F)cc2)n1N=C(C)c1ccc(O)cc1O. The molecule has 3 rings (SSSR count). The number of phenols is 2. The number of hydrogen-bond donors (Lipinski definition) is 2. The van der Waals surface area contributed by atoms with E-state index in [4.69, 9.17) is 0 Å². The molecule has 0 radical (unpaired) electrons. The first-order chi connectivity index (χ1) is 13.3. The number of aromatic nitrogens is 1. The number of nitrogens with zero attached hydrogens (tertiary/aromatic N) is 3. The lowest BCUT2D eigenvalue weighted by atomic mass is 10.1. The summed E-state index contributed by atoms with van der Waals surface area (Å²) in [7, 11) is 0. The second kappa shape index (κ2) is 8.22. The summed E-state index contributed by atoms with van der Waals surface area (Å²) in [5.74, 6) is -0.409. The minimum atomic E-state index is -0.313. The molecule has 3 aromatic rings. The molecule has 5 nitrogen and oxygen atoms in total. The molecule has 0 fully saturated rings. The van der Waals surface area contributed by atoms with E-state index in [0.29, 0.717) is 22.6 Å². The third kappa shape index (κ3) is 4.37. The van der Waals surface area contributed by atoms with Crippen molar-refractivity contribution in [2.45, 2.75) is 13.8 Å². The summed E-state index contributed by atoms with van der Waals surface area (Å²) in [5, 5.41) is 26.2. The molecule has 1 aromatic heterocycles. The van der Waals surface area contributed by atoms with Crippen LogP contribution in [0.5, 0.6) is 11.5 Å². The Morgan fingerprint density at radius 2 is 1.86 bits per heavy atom. The average molecular weight is 397 g/mol. The van der Waals surface area contributed by atoms with Crippen molar-refractivity contribution in [1.29, 1.82) is 0 Å². The molecule has 0 saturated heterocycles. The van der Waals surface area contributed by atoms with Crippen LogP contribution in [-0.4, -0.2) is 27.1 Å². The molecule has 0 saturated carbocycles. The Balaban J connectivity index is 2.15. The van der Waals surface area contributed by atoms with E-state index in [1.54, 1.807) is 29.8 Å². The summed E-state index contributed by atoms with van der Waals surface area (Å²) in [6.07, 6.45) is 0. The molecule has 0 aliphatic rings. The summed E-state index contributed by atoms with van der Waals surface area (Å²) in [5.41, 5.74) is 3.49. The van der Waals surface area contributed by atoms with Gasteiger partial charge in [0.25, 0.3) is 0 Å². The van der Waals surface area contributed by atoms with Crippen molar-refractivity contribution < 1.29 is 14.6 Å². The van der Waals surface area contributed by atoms with Gasteiger partial charge in [-0.05, 0) is 50.2 Å². The zero-order valence-corrected chi connectivity index (χ0v) is 16.4. The Labute approximate surface area is 166 Å². The summed E-state index contributed by atoms with van der Waals surface area (Å²) >= 11 is 1.41. The standard InChI is InChI=1S/C21H20FN3O2S/c1-13(2)11-23-21-25(19(12-28-21)15-4-6-16(22)7-5-15)24-14(3)18-9-8-17(26)10-20(18)27/h4-10,12,26-27H,1,11H2,2-3H3. The highest BCUT2D eigenvalue weighted by molar-refractivity contribution is 7.07. The topological polar surface area (TPSA) is 70.1 Å². The molecule has 0 spiro atoms. The molecule has 0 aliphatic heterocycles. The first-order valence-corrected chi connectivity index (χ1v) is 9.42. The van der Waals surface area contributed by atoms with Crippen LogP contribution in [0.1, 0.15) is 19.4 Å². The van der Waals surface area contributed by atoms with Gasteiger partial charge in [0, 0.05) is 22.6 Å². The third-order valence-corrected chi connectivity index (χ3v) is 4.78. The quantitative estimate of drug-likeness (QED) is 0.491. The smallest absolute Gasteiger partial charge is 0.206 e. The Hall–Kier alpha value is -3.19. The molecular formula is C21H20FN3O2S. The zero-order chi connectivity index (χ0) is 20.3. The number of halogens is 1. The molecule has 2 aromatic carbocycles. The van der Waals surface area contributed by atoms with Gasteiger partial charge in [-0.2, -0.15) is 5.10 Å². The van der Waals surface area contributed by atoms with Gasteiger partial charge in [-0.15, -0.1) is 11.3 Å². The lowest BCUT2D eigenvalue weighted by Crippen LogP contribution is -2.15. The van der Waals surface area contributed by atoms with Crippen molar-refractivity contribution in [2.75, 3.05) is 6.54 Å². The highest BCUT2D eigenvalue weighted by Crippen LogP contribution is 2.25. The molecule has 2 N–H and O–H groups in total. The molecule has 0 aliphatic carbocycles. The molecule has 1 heterocycles. The maximum atomic E-state index is 13.3. The third-order valence-electron chi connectivity index (χ3n) is 3.93. The van der Waals surface area contributed by atoms with Crippen molar-refractivity contribution in [3.05, 3.63) is 76.2 Å². The van der Waals surface area contributed by atoms with Crippen LogP contribution in [0.15, 0.2) is 70.1 Å². The highest BCUT2D eigenvalue weighted by Gasteiger charge is 2.11. The van der Waals surface area contributed by atoms with Crippen LogP contribution >= 0.6 is 11.3 Å². The number of aromatic hydroxyl groups is 2. The molecule has 144 valence electrons. The van der Waals surface area contributed by atoms with Gasteiger partial charge >= 0.3 is 0 Å². The van der Waals surface area contributed by atoms with E-state index in [0.717, 1.165) is 16.8 Å². The van der Waals surface area contributed by atoms with Crippen molar-refractivity contribution in [3.63, 3.8) is 0 Å². The number of rotatable bonds is 5. The van der Waals surface area contributed by atoms with Gasteiger partial charge in [-0.1, -0.05) is 12.2 Å². The predicted octanol–water partition coefficient (Wildman–Crippen LogP) is 4.52. The normalized spacial score (nSPS) is 12.4. The minimum absolute atomic E-state index is 0.0265. The first-order valence-electron chi connectivity index (χ1n) is 8.54. The van der Waals surface area contributed by atoms with Gasteiger partial charge in [-0.25, -0.2) is 9.07 Å². The highest BCUT2D eigenvalue weighted by atomic mass is 32.1. The van der Waals surface area contributed by atoms with E-state index in [2.05, 4.69) is 16.7 Å². The Bertz CT molecular complexity index is 1110. The number of phenolic OH excluding ortho intramolecular Hbond substituents is 2. The van der Waals surface area contributed by atoms with Crippen molar-refractivity contribution >= 4 is 17.0 Å². The summed E-state index contributed by atoms with van der Waals surface area (Å²) in [6, 6.07) is 10.5. The van der Waals surface area contributed by atoms with Crippen LogP contribution in [0.3, 0.4) is 0 Å². The van der Waals surface area contributed by atoms with Crippen molar-refractivity contribution in [2.24, 2.45) is 10.1 Å². The van der Waals surface area contributed by atoms with Crippen LogP contribution in [0.25, 0.3) is 11.3 Å². The van der Waals surface area contributed by atoms with Gasteiger partial charge in [0.05, 0.1) is 18.0 Å². The van der Waals surface area contributed by atoms with Crippen LogP contribution < -0.4 is 4.80 Å². The van der Waals surface area contributed by atoms with Gasteiger partial charge in [0.15, 0.2) is 0 Å². The van der Waals surface area contributed by atoms with Crippen LogP contribution in [-0.2, 0) is 0 Å². The Kier molecular flexibility index (Phi) is 5.75. The van der Waals surface area contributed by atoms with Crippen molar-refractivity contribution in [3.8, 4) is 22.8 Å². The predicted molar refractivity (Wildman–Crippen MR) is 110 cm³/mol. The van der Waals surface area contributed by atoms with Crippen LogP contribution in [0.4, 0.5) is 4.39 Å². The fraction of sp³-hybridized carbons (Fsp3) is 0.143. The second-order valence-electron chi connectivity index (χ2n) is 6.38. The van der Waals surface area contributed by atoms with Crippen LogP contribution in [0.2, 0.25) is 0 Å². The maximum Gasteiger partial charge on any atom is 0.206 e. The van der Waals surface area contributed by atoms with Gasteiger partial charge in [-0.3, -0.25) is 4.99 Å². The number of hydrogen-bond acceptors (Lipinski definition) is 5. The van der Waals surface area contributed by atoms with Gasteiger partial charge < -0.3 is 10.2 Å². The fourth-order valence-electron chi connectivity index (χ4n) is 2.56. The van der Waals surface area contributed by atoms with Crippen molar-refractivity contribution in [1.82, 2.24) is 4.68 Å². The minimum Gasteiger partial charge on any atom is -0.508 e. The summed E-state index contributed by atoms with van der Waals surface area (Å²) < 4.78 is 15.0. The lowest BCUT2D eigenvalue weighted by Gasteiger charge is -2.08. The van der Waals surface area contributed by atoms with E-state index in [9.17, 15) is 14.6 Å². The van der Waals surface area contributed by atoms with E-state index in [-0.39, 0.29) is 17.3 Å². The molecular weight excluding hydrogens is 377 g/mol. The molecule has 7 heteroatoms. The number of thiazole rings is 1. The molecule has 28 heavy (non-hydrogen) atoms. The second-order valence-corrected chi connectivity index (χ2v) is 7.22. The van der Waals surface area contributed by atoms with Gasteiger partial charge in [0.2, 0.25) is 4.80 Å². The maximum absolute atomic E-state index is 13.3.